The largest absolute Gasteiger partial charge is 0.310 e. The maximum atomic E-state index is 2.46. The Morgan fingerprint density at radius 3 is 1.59 bits per heavy atom. The minimum Gasteiger partial charge on any atom is -0.310 e. The number of hydrogen-bond acceptors (Lipinski definition) is 1. The van der Waals surface area contributed by atoms with Crippen LogP contribution in [0.15, 0.2) is 218 Å². The summed E-state index contributed by atoms with van der Waals surface area (Å²) in [6, 6.07) is 80.3. The van der Waals surface area contributed by atoms with E-state index in [4.69, 9.17) is 0 Å². The third-order valence-electron chi connectivity index (χ3n) is 13.2. The monoisotopic (exact) mass is 778 g/mol. The molecule has 10 aromatic carbocycles. The second kappa shape index (κ2) is 13.7. The molecule has 0 radical (unpaired) electrons. The van der Waals surface area contributed by atoms with Crippen LogP contribution in [0.3, 0.4) is 0 Å². The Morgan fingerprint density at radius 2 is 0.869 bits per heavy atom. The normalized spacial score (nSPS) is 12.9. The first kappa shape index (κ1) is 35.3. The van der Waals surface area contributed by atoms with E-state index in [-0.39, 0.29) is 5.41 Å². The molecule has 2 heteroatoms. The molecule has 0 amide bonds. The molecule has 0 saturated heterocycles. The van der Waals surface area contributed by atoms with Crippen molar-refractivity contribution in [2.75, 3.05) is 4.90 Å². The molecule has 1 heterocycles. The molecule has 0 fully saturated rings. The molecule has 1 aliphatic carbocycles. The molecule has 0 aliphatic heterocycles. The number of anilines is 3. The summed E-state index contributed by atoms with van der Waals surface area (Å²) in [5.74, 6) is 0. The molecule has 0 spiro atoms. The van der Waals surface area contributed by atoms with Crippen molar-refractivity contribution in [2.24, 2.45) is 0 Å². The van der Waals surface area contributed by atoms with Gasteiger partial charge in [0, 0.05) is 38.9 Å². The maximum Gasteiger partial charge on any atom is 0.0541 e. The highest BCUT2D eigenvalue weighted by molar-refractivity contribution is 6.11. The summed E-state index contributed by atoms with van der Waals surface area (Å²) >= 11 is 0. The number of fused-ring (bicyclic) bond motifs is 8. The zero-order valence-corrected chi connectivity index (χ0v) is 34.2. The van der Waals surface area contributed by atoms with E-state index in [0.29, 0.717) is 0 Å². The second-order valence-electron chi connectivity index (χ2n) is 16.9. The van der Waals surface area contributed by atoms with Gasteiger partial charge in [0.25, 0.3) is 0 Å². The van der Waals surface area contributed by atoms with Gasteiger partial charge in [-0.3, -0.25) is 0 Å². The molecular formula is C59H42N2. The summed E-state index contributed by atoms with van der Waals surface area (Å²) in [7, 11) is 0. The second-order valence-corrected chi connectivity index (χ2v) is 16.9. The van der Waals surface area contributed by atoms with E-state index < -0.39 is 0 Å². The fraction of sp³-hybridized carbons (Fsp3) is 0.0508. The number of para-hydroxylation sites is 2. The predicted octanol–water partition coefficient (Wildman–Crippen LogP) is 16.2. The van der Waals surface area contributed by atoms with Gasteiger partial charge in [0.05, 0.1) is 11.0 Å². The fourth-order valence-electron chi connectivity index (χ4n) is 10.2. The number of rotatable bonds is 6. The van der Waals surface area contributed by atoms with E-state index in [1.807, 2.05) is 0 Å². The molecular weight excluding hydrogens is 737 g/mol. The van der Waals surface area contributed by atoms with Gasteiger partial charge in [0.15, 0.2) is 0 Å². The third kappa shape index (κ3) is 5.56. The Hall–Kier alpha value is -7.68. The average molecular weight is 779 g/mol. The minimum absolute atomic E-state index is 0.225. The summed E-state index contributed by atoms with van der Waals surface area (Å²) in [6.45, 7) is 4.78. The molecule has 0 saturated carbocycles. The van der Waals surface area contributed by atoms with Crippen molar-refractivity contribution in [2.45, 2.75) is 19.3 Å². The van der Waals surface area contributed by atoms with Crippen LogP contribution in [0.5, 0.6) is 0 Å². The van der Waals surface area contributed by atoms with Crippen LogP contribution in [0.25, 0.3) is 82.4 Å². The molecule has 1 aromatic heterocycles. The predicted molar refractivity (Wildman–Crippen MR) is 259 cm³/mol. The Labute approximate surface area is 356 Å². The van der Waals surface area contributed by atoms with Crippen LogP contribution in [0.2, 0.25) is 0 Å². The molecule has 11 aromatic rings. The van der Waals surface area contributed by atoms with Gasteiger partial charge in [-0.05, 0) is 133 Å². The van der Waals surface area contributed by atoms with Crippen molar-refractivity contribution in [3.8, 4) is 39.1 Å². The lowest BCUT2D eigenvalue weighted by molar-refractivity contribution is 0.660. The van der Waals surface area contributed by atoms with Gasteiger partial charge in [-0.1, -0.05) is 166 Å². The Bertz CT molecular complexity index is 3490. The first-order valence-corrected chi connectivity index (χ1v) is 21.3. The summed E-state index contributed by atoms with van der Waals surface area (Å²) in [5, 5.41) is 7.59. The van der Waals surface area contributed by atoms with Gasteiger partial charge in [-0.2, -0.15) is 0 Å². The summed E-state index contributed by atoms with van der Waals surface area (Å²) in [5.41, 5.74) is 17.0. The minimum atomic E-state index is -0.225. The Kier molecular flexibility index (Phi) is 7.92. The smallest absolute Gasteiger partial charge is 0.0541 e. The zero-order chi connectivity index (χ0) is 40.7. The van der Waals surface area contributed by atoms with E-state index >= 15 is 0 Å². The van der Waals surface area contributed by atoms with Crippen LogP contribution in [0.1, 0.15) is 25.0 Å². The number of aromatic nitrogens is 1. The van der Waals surface area contributed by atoms with Crippen molar-refractivity contribution >= 4 is 60.4 Å². The van der Waals surface area contributed by atoms with Crippen LogP contribution in [0.4, 0.5) is 17.1 Å². The fourth-order valence-corrected chi connectivity index (χ4v) is 10.2. The quantitative estimate of drug-likeness (QED) is 0.163. The highest BCUT2D eigenvalue weighted by atomic mass is 15.1. The van der Waals surface area contributed by atoms with Crippen molar-refractivity contribution < 1.29 is 0 Å². The summed E-state index contributed by atoms with van der Waals surface area (Å²) in [6.07, 6.45) is 0. The zero-order valence-electron chi connectivity index (χ0n) is 34.2. The standard InChI is InChI=1S/C59H42N2/c1-59(2)55-37-45(60(43-18-4-3-5-19-43)44-29-26-41(27-30-44)49-23-12-16-39-14-6-8-20-47(39)49)31-33-51(55)52-34-32-46(38-56(52)59)61-57-25-11-10-22-53(57)54-36-42(28-35-58(54)61)50-24-13-17-40-15-7-9-21-48(40)50/h3-38H,1-2H3. The van der Waals surface area contributed by atoms with Gasteiger partial charge < -0.3 is 9.47 Å². The van der Waals surface area contributed by atoms with Gasteiger partial charge in [0.2, 0.25) is 0 Å². The molecule has 61 heavy (non-hydrogen) atoms. The van der Waals surface area contributed by atoms with Crippen LogP contribution < -0.4 is 4.90 Å². The van der Waals surface area contributed by atoms with Crippen LogP contribution in [-0.2, 0) is 5.41 Å². The maximum absolute atomic E-state index is 2.46. The van der Waals surface area contributed by atoms with Gasteiger partial charge in [0.1, 0.15) is 0 Å². The molecule has 1 aliphatic rings. The third-order valence-corrected chi connectivity index (χ3v) is 13.2. The molecule has 12 rings (SSSR count). The lowest BCUT2D eigenvalue weighted by atomic mass is 9.82. The Morgan fingerprint density at radius 1 is 0.344 bits per heavy atom. The topological polar surface area (TPSA) is 8.17 Å². The SMILES string of the molecule is CC1(C)c2cc(N(c3ccccc3)c3ccc(-c4cccc5ccccc45)cc3)ccc2-c2ccc(-n3c4ccccc4c4cc(-c5cccc6ccccc56)ccc43)cc21. The van der Waals surface area contributed by atoms with E-state index in [1.165, 1.54) is 93.5 Å². The molecule has 0 unspecified atom stereocenters. The van der Waals surface area contributed by atoms with Gasteiger partial charge in [-0.15, -0.1) is 0 Å². The molecule has 288 valence electrons. The van der Waals surface area contributed by atoms with Crippen molar-refractivity contribution in [3.05, 3.63) is 230 Å². The highest BCUT2D eigenvalue weighted by Gasteiger charge is 2.36. The lowest BCUT2D eigenvalue weighted by Gasteiger charge is -2.28. The van der Waals surface area contributed by atoms with Gasteiger partial charge in [-0.25, -0.2) is 0 Å². The van der Waals surface area contributed by atoms with E-state index in [9.17, 15) is 0 Å². The van der Waals surface area contributed by atoms with E-state index in [2.05, 4.69) is 242 Å². The van der Waals surface area contributed by atoms with Crippen LogP contribution >= 0.6 is 0 Å². The molecule has 0 atom stereocenters. The first-order chi connectivity index (χ1) is 30.0. The van der Waals surface area contributed by atoms with Crippen molar-refractivity contribution in [3.63, 3.8) is 0 Å². The van der Waals surface area contributed by atoms with E-state index in [1.54, 1.807) is 0 Å². The van der Waals surface area contributed by atoms with Crippen LogP contribution in [0, 0.1) is 0 Å². The first-order valence-electron chi connectivity index (χ1n) is 21.3. The van der Waals surface area contributed by atoms with Gasteiger partial charge >= 0.3 is 0 Å². The number of benzene rings is 10. The average Bonchev–Trinajstić information content (AvgIpc) is 3.76. The van der Waals surface area contributed by atoms with Crippen molar-refractivity contribution in [1.29, 1.82) is 0 Å². The molecule has 0 bridgehead atoms. The number of hydrogen-bond donors (Lipinski definition) is 0. The summed E-state index contributed by atoms with van der Waals surface area (Å²) in [4.78, 5) is 2.39. The highest BCUT2D eigenvalue weighted by Crippen LogP contribution is 2.52. The van der Waals surface area contributed by atoms with Crippen molar-refractivity contribution in [1.82, 2.24) is 4.57 Å². The molecule has 2 nitrogen and oxygen atoms in total. The molecule has 0 N–H and O–H groups in total. The lowest BCUT2D eigenvalue weighted by Crippen LogP contribution is -2.17. The van der Waals surface area contributed by atoms with E-state index in [0.717, 1.165) is 17.1 Å². The Balaban J connectivity index is 0.942. The van der Waals surface area contributed by atoms with Crippen LogP contribution in [-0.4, -0.2) is 4.57 Å². The summed E-state index contributed by atoms with van der Waals surface area (Å²) < 4.78 is 2.46. The number of nitrogens with zero attached hydrogens (tertiary/aromatic N) is 2.